The highest BCUT2D eigenvalue weighted by atomic mass is 79.9. The summed E-state index contributed by atoms with van der Waals surface area (Å²) in [5.41, 5.74) is 4.84. The van der Waals surface area contributed by atoms with E-state index in [9.17, 15) is 14.9 Å². The van der Waals surface area contributed by atoms with Crippen molar-refractivity contribution in [3.63, 3.8) is 0 Å². The zero-order chi connectivity index (χ0) is 24.1. The molecule has 0 spiro atoms. The molecule has 9 nitrogen and oxygen atoms in total. The van der Waals surface area contributed by atoms with Crippen molar-refractivity contribution in [2.45, 2.75) is 13.0 Å². The third-order valence-corrected chi connectivity index (χ3v) is 5.93. The third-order valence-electron chi connectivity index (χ3n) is 4.76. The fraction of sp³-hybridized carbons (Fsp3) is 0.130. The Morgan fingerprint density at radius 1 is 1.06 bits per heavy atom. The van der Waals surface area contributed by atoms with Gasteiger partial charge in [0.05, 0.1) is 26.5 Å². The number of nitro groups is 1. The number of benzene rings is 3. The Morgan fingerprint density at radius 3 is 2.44 bits per heavy atom. The molecule has 0 fully saturated rings. The number of rotatable bonds is 8. The molecule has 3 aromatic rings. The molecule has 1 aliphatic heterocycles. The van der Waals surface area contributed by atoms with Gasteiger partial charge >= 0.3 is 0 Å². The average Bonchev–Trinajstić information content (AvgIpc) is 3.27. The van der Waals surface area contributed by atoms with Crippen LogP contribution in [-0.4, -0.2) is 23.8 Å². The van der Waals surface area contributed by atoms with Crippen molar-refractivity contribution < 1.29 is 23.9 Å². The van der Waals surface area contributed by atoms with E-state index in [-0.39, 0.29) is 31.4 Å². The van der Waals surface area contributed by atoms with Gasteiger partial charge in [0.25, 0.3) is 5.69 Å². The molecule has 11 heteroatoms. The van der Waals surface area contributed by atoms with E-state index < -0.39 is 4.92 Å². The van der Waals surface area contributed by atoms with Gasteiger partial charge in [-0.1, -0.05) is 6.07 Å². The number of fused-ring (bicyclic) bond motifs is 1. The predicted molar refractivity (Wildman–Crippen MR) is 131 cm³/mol. The maximum Gasteiger partial charge on any atom is 0.269 e. The van der Waals surface area contributed by atoms with Crippen LogP contribution >= 0.6 is 31.9 Å². The summed E-state index contributed by atoms with van der Waals surface area (Å²) in [5, 5.41) is 14.8. The fourth-order valence-electron chi connectivity index (χ4n) is 3.12. The molecule has 3 aromatic carbocycles. The summed E-state index contributed by atoms with van der Waals surface area (Å²) in [7, 11) is 0. The zero-order valence-electron chi connectivity index (χ0n) is 17.5. The highest BCUT2D eigenvalue weighted by molar-refractivity contribution is 9.11. The highest BCUT2D eigenvalue weighted by Gasteiger charge is 2.14. The molecule has 0 aliphatic carbocycles. The minimum Gasteiger partial charge on any atom is -0.487 e. The first-order valence-corrected chi connectivity index (χ1v) is 11.5. The minimum absolute atomic E-state index is 0.0257. The summed E-state index contributed by atoms with van der Waals surface area (Å²) >= 11 is 6.95. The normalized spacial score (nSPS) is 12.1. The summed E-state index contributed by atoms with van der Waals surface area (Å²) in [6.07, 6.45) is 1.67. The number of nitrogens with zero attached hydrogens (tertiary/aromatic N) is 2. The first-order valence-electron chi connectivity index (χ1n) is 9.94. The minimum atomic E-state index is -0.447. The third kappa shape index (κ3) is 5.91. The Kier molecular flexibility index (Phi) is 7.43. The summed E-state index contributed by atoms with van der Waals surface area (Å²) in [6, 6.07) is 15.1. The molecular formula is C23H17Br2N3O6. The lowest BCUT2D eigenvalue weighted by Crippen LogP contribution is -2.19. The molecule has 0 radical (unpaired) electrons. The van der Waals surface area contributed by atoms with Gasteiger partial charge in [-0.15, -0.1) is 0 Å². The Hall–Kier alpha value is -3.44. The van der Waals surface area contributed by atoms with E-state index in [1.54, 1.807) is 42.5 Å². The van der Waals surface area contributed by atoms with Crippen molar-refractivity contribution in [3.05, 3.63) is 90.3 Å². The van der Waals surface area contributed by atoms with Crippen LogP contribution in [0.5, 0.6) is 17.2 Å². The first-order chi connectivity index (χ1) is 16.4. The van der Waals surface area contributed by atoms with Crippen LogP contribution < -0.4 is 19.6 Å². The Morgan fingerprint density at radius 2 is 1.74 bits per heavy atom. The van der Waals surface area contributed by atoms with Gasteiger partial charge in [0.2, 0.25) is 12.7 Å². The number of hydrogen-bond donors (Lipinski definition) is 1. The monoisotopic (exact) mass is 589 g/mol. The summed E-state index contributed by atoms with van der Waals surface area (Å²) in [4.78, 5) is 22.5. The van der Waals surface area contributed by atoms with Gasteiger partial charge in [-0.05, 0) is 84.9 Å². The van der Waals surface area contributed by atoms with Gasteiger partial charge in [-0.3, -0.25) is 14.9 Å². The van der Waals surface area contributed by atoms with Gasteiger partial charge in [0, 0.05) is 12.1 Å². The van der Waals surface area contributed by atoms with E-state index in [1.165, 1.54) is 18.3 Å². The van der Waals surface area contributed by atoms with E-state index in [4.69, 9.17) is 14.2 Å². The second kappa shape index (κ2) is 10.7. The maximum atomic E-state index is 12.2. The molecule has 0 saturated carbocycles. The van der Waals surface area contributed by atoms with E-state index in [0.29, 0.717) is 26.2 Å². The van der Waals surface area contributed by atoms with Gasteiger partial charge in [-0.2, -0.15) is 5.10 Å². The maximum absolute atomic E-state index is 12.2. The molecule has 0 aromatic heterocycles. The Labute approximate surface area is 211 Å². The molecule has 0 bridgehead atoms. The second-order valence-electron chi connectivity index (χ2n) is 7.18. The van der Waals surface area contributed by atoms with Crippen LogP contribution in [0, 0.1) is 10.1 Å². The summed E-state index contributed by atoms with van der Waals surface area (Å²) in [6.45, 7) is 0.416. The number of carbonyl (C=O) groups excluding carboxylic acids is 1. The number of non-ortho nitro benzene ring substituents is 1. The number of ether oxygens (including phenoxy) is 3. The lowest BCUT2D eigenvalue weighted by Gasteiger charge is -2.11. The first kappa shape index (κ1) is 23.7. The second-order valence-corrected chi connectivity index (χ2v) is 8.89. The van der Waals surface area contributed by atoms with Crippen LogP contribution in [-0.2, 0) is 17.8 Å². The predicted octanol–water partition coefficient (Wildman–Crippen LogP) is 5.12. The Balaban J connectivity index is 1.32. The van der Waals surface area contributed by atoms with Crippen molar-refractivity contribution >= 4 is 49.7 Å². The lowest BCUT2D eigenvalue weighted by molar-refractivity contribution is -0.384. The number of hydrazone groups is 1. The van der Waals surface area contributed by atoms with Crippen molar-refractivity contribution in [1.29, 1.82) is 0 Å². The van der Waals surface area contributed by atoms with Crippen LogP contribution in [0.2, 0.25) is 0 Å². The summed E-state index contributed by atoms with van der Waals surface area (Å²) in [5.74, 6) is 1.59. The molecule has 1 heterocycles. The van der Waals surface area contributed by atoms with E-state index >= 15 is 0 Å². The molecule has 4 rings (SSSR count). The van der Waals surface area contributed by atoms with Crippen LogP contribution in [0.15, 0.2) is 68.6 Å². The molecule has 1 aliphatic rings. The topological polar surface area (TPSA) is 112 Å². The standard InChI is InChI=1S/C23H17Br2N3O6/c24-18-7-16(8-19(25)23(18)32-12-14-1-4-17(5-2-14)28(30)31)11-26-27-22(29)10-15-3-6-20-21(9-15)34-13-33-20/h1-9,11H,10,12-13H2,(H,27,29)/b26-11-. The van der Waals surface area contributed by atoms with E-state index in [2.05, 4.69) is 42.4 Å². The molecular weight excluding hydrogens is 574 g/mol. The van der Waals surface area contributed by atoms with E-state index in [1.807, 2.05) is 0 Å². The largest absolute Gasteiger partial charge is 0.487 e. The van der Waals surface area contributed by atoms with Crippen molar-refractivity contribution in [2.75, 3.05) is 6.79 Å². The smallest absolute Gasteiger partial charge is 0.269 e. The van der Waals surface area contributed by atoms with Crippen LogP contribution in [0.4, 0.5) is 5.69 Å². The fourth-order valence-corrected chi connectivity index (χ4v) is 4.57. The SMILES string of the molecule is O=C(Cc1ccc2c(c1)OCO2)N/N=C\c1cc(Br)c(OCc2ccc([N+](=O)[O-])cc2)c(Br)c1. The van der Waals surface area contributed by atoms with Gasteiger partial charge in [-0.25, -0.2) is 5.43 Å². The van der Waals surface area contributed by atoms with Crippen LogP contribution in [0.25, 0.3) is 0 Å². The van der Waals surface area contributed by atoms with Crippen LogP contribution in [0.3, 0.4) is 0 Å². The van der Waals surface area contributed by atoms with Gasteiger partial charge in [0.15, 0.2) is 11.5 Å². The molecule has 34 heavy (non-hydrogen) atoms. The number of amides is 1. The number of nitro benzene ring substituents is 1. The molecule has 0 atom stereocenters. The quantitative estimate of drug-likeness (QED) is 0.221. The average molecular weight is 591 g/mol. The van der Waals surface area contributed by atoms with Crippen LogP contribution in [0.1, 0.15) is 16.7 Å². The van der Waals surface area contributed by atoms with Crippen molar-refractivity contribution in [2.24, 2.45) is 5.10 Å². The molecule has 0 unspecified atom stereocenters. The molecule has 1 N–H and O–H groups in total. The number of nitrogens with one attached hydrogen (secondary N) is 1. The van der Waals surface area contributed by atoms with E-state index in [0.717, 1.165) is 16.7 Å². The molecule has 1 amide bonds. The molecule has 174 valence electrons. The van der Waals surface area contributed by atoms with Gasteiger partial charge in [0.1, 0.15) is 12.4 Å². The Bertz CT molecular complexity index is 1240. The highest BCUT2D eigenvalue weighted by Crippen LogP contribution is 2.35. The number of hydrogen-bond acceptors (Lipinski definition) is 7. The zero-order valence-corrected chi connectivity index (χ0v) is 20.7. The van der Waals surface area contributed by atoms with Crippen molar-refractivity contribution in [3.8, 4) is 17.2 Å². The number of carbonyl (C=O) groups is 1. The summed E-state index contributed by atoms with van der Waals surface area (Å²) < 4.78 is 17.8. The number of halogens is 2. The van der Waals surface area contributed by atoms with Crippen molar-refractivity contribution in [1.82, 2.24) is 5.43 Å². The lowest BCUT2D eigenvalue weighted by atomic mass is 10.1. The molecule has 0 saturated heterocycles. The van der Waals surface area contributed by atoms with Gasteiger partial charge < -0.3 is 14.2 Å².